The molecule has 2 amide bonds. The first-order chi connectivity index (χ1) is 16.4. The quantitative estimate of drug-likeness (QED) is 0.549. The van der Waals surface area contributed by atoms with E-state index < -0.39 is 17.5 Å². The minimum atomic E-state index is -0.781. The summed E-state index contributed by atoms with van der Waals surface area (Å²) >= 11 is 0. The second-order valence-corrected chi connectivity index (χ2v) is 8.52. The predicted octanol–water partition coefficient (Wildman–Crippen LogP) is 4.85. The Morgan fingerprint density at radius 1 is 0.882 bits per heavy atom. The van der Waals surface area contributed by atoms with E-state index in [-0.39, 0.29) is 23.6 Å². The lowest BCUT2D eigenvalue weighted by Crippen LogP contribution is -2.45. The highest BCUT2D eigenvalue weighted by Gasteiger charge is 2.25. The number of rotatable bonds is 6. The zero-order valence-corrected chi connectivity index (χ0v) is 18.9. The van der Waals surface area contributed by atoms with Gasteiger partial charge in [0.05, 0.1) is 11.6 Å². The molecule has 1 aliphatic heterocycles. The fraction of sp³-hybridized carbons (Fsp3) is 0.259. The van der Waals surface area contributed by atoms with Gasteiger partial charge in [-0.05, 0) is 49.6 Å². The molecule has 176 valence electrons. The van der Waals surface area contributed by atoms with E-state index in [2.05, 4.69) is 15.5 Å². The van der Waals surface area contributed by atoms with Crippen LogP contribution in [0.25, 0.3) is 0 Å². The predicted molar refractivity (Wildman–Crippen MR) is 128 cm³/mol. The number of nitrogens with zero attached hydrogens (tertiary/aromatic N) is 1. The van der Waals surface area contributed by atoms with Gasteiger partial charge < -0.3 is 15.5 Å². The maximum atomic E-state index is 13.4. The van der Waals surface area contributed by atoms with Crippen molar-refractivity contribution in [2.24, 2.45) is 0 Å². The third kappa shape index (κ3) is 5.60. The molecule has 3 aromatic carbocycles. The van der Waals surface area contributed by atoms with Crippen molar-refractivity contribution < 1.29 is 18.4 Å². The summed E-state index contributed by atoms with van der Waals surface area (Å²) in [6.45, 7) is 3.23. The highest BCUT2D eigenvalue weighted by Crippen LogP contribution is 2.25. The highest BCUT2D eigenvalue weighted by atomic mass is 19.1. The molecule has 0 spiro atoms. The van der Waals surface area contributed by atoms with Gasteiger partial charge in [-0.1, -0.05) is 42.5 Å². The summed E-state index contributed by atoms with van der Waals surface area (Å²) in [6, 6.07) is 19.8. The highest BCUT2D eigenvalue weighted by molar-refractivity contribution is 6.00. The van der Waals surface area contributed by atoms with Crippen molar-refractivity contribution in [2.75, 3.05) is 18.0 Å². The fourth-order valence-electron chi connectivity index (χ4n) is 4.26. The van der Waals surface area contributed by atoms with Gasteiger partial charge in [0.25, 0.3) is 11.8 Å². The molecule has 7 heteroatoms. The van der Waals surface area contributed by atoms with Gasteiger partial charge in [-0.15, -0.1) is 0 Å². The number of anilines is 1. The van der Waals surface area contributed by atoms with Crippen molar-refractivity contribution in [3.8, 4) is 0 Å². The Bertz CT molecular complexity index is 1140. The number of piperidine rings is 1. The molecule has 1 saturated heterocycles. The second-order valence-electron chi connectivity index (χ2n) is 8.52. The molecule has 0 aromatic heterocycles. The van der Waals surface area contributed by atoms with Crippen LogP contribution in [0, 0.1) is 11.6 Å². The molecule has 4 rings (SSSR count). The average molecular weight is 464 g/mol. The van der Waals surface area contributed by atoms with Gasteiger partial charge in [0.2, 0.25) is 0 Å². The molecular weight excluding hydrogens is 436 g/mol. The molecule has 1 fully saturated rings. The van der Waals surface area contributed by atoms with Crippen LogP contribution in [0.4, 0.5) is 14.5 Å². The van der Waals surface area contributed by atoms with Crippen molar-refractivity contribution >= 4 is 17.5 Å². The third-order valence-electron chi connectivity index (χ3n) is 6.09. The van der Waals surface area contributed by atoms with Crippen molar-refractivity contribution in [1.82, 2.24) is 10.6 Å². The van der Waals surface area contributed by atoms with E-state index in [4.69, 9.17) is 0 Å². The Morgan fingerprint density at radius 2 is 1.50 bits per heavy atom. The molecule has 0 radical (unpaired) electrons. The number of halogens is 2. The van der Waals surface area contributed by atoms with Gasteiger partial charge in [0.15, 0.2) is 0 Å². The third-order valence-corrected chi connectivity index (χ3v) is 6.09. The van der Waals surface area contributed by atoms with Crippen molar-refractivity contribution in [2.45, 2.75) is 31.8 Å². The monoisotopic (exact) mass is 463 g/mol. The summed E-state index contributed by atoms with van der Waals surface area (Å²) in [7, 11) is 0. The Kier molecular flexibility index (Phi) is 7.21. The summed E-state index contributed by atoms with van der Waals surface area (Å²) in [5, 5.41) is 5.94. The van der Waals surface area contributed by atoms with E-state index in [0.29, 0.717) is 31.5 Å². The number of hydrogen-bond donors (Lipinski definition) is 2. The number of benzene rings is 3. The van der Waals surface area contributed by atoms with Crippen molar-refractivity contribution in [3.05, 3.63) is 101 Å². The van der Waals surface area contributed by atoms with Gasteiger partial charge in [0, 0.05) is 36.4 Å². The van der Waals surface area contributed by atoms with E-state index in [9.17, 15) is 18.4 Å². The molecule has 1 atom stereocenters. The molecule has 0 aliphatic carbocycles. The van der Waals surface area contributed by atoms with Crippen molar-refractivity contribution in [1.29, 1.82) is 0 Å². The van der Waals surface area contributed by atoms with Crippen LogP contribution in [0.3, 0.4) is 0 Å². The minimum absolute atomic E-state index is 0.0329. The van der Waals surface area contributed by atoms with Crippen molar-refractivity contribution in [3.63, 3.8) is 0 Å². The van der Waals surface area contributed by atoms with Gasteiger partial charge >= 0.3 is 0 Å². The topological polar surface area (TPSA) is 61.4 Å². The first-order valence-electron chi connectivity index (χ1n) is 11.4. The van der Waals surface area contributed by atoms with E-state index in [0.717, 1.165) is 29.4 Å². The zero-order chi connectivity index (χ0) is 24.1. The van der Waals surface area contributed by atoms with Crippen LogP contribution in [0.5, 0.6) is 0 Å². The summed E-state index contributed by atoms with van der Waals surface area (Å²) < 4.78 is 26.9. The molecule has 1 aliphatic rings. The van der Waals surface area contributed by atoms with Gasteiger partial charge in [0.1, 0.15) is 11.6 Å². The van der Waals surface area contributed by atoms with Crippen LogP contribution < -0.4 is 15.5 Å². The Balaban J connectivity index is 1.38. The Hall–Kier alpha value is -3.74. The Morgan fingerprint density at radius 3 is 2.18 bits per heavy atom. The minimum Gasteiger partial charge on any atom is -0.371 e. The van der Waals surface area contributed by atoms with E-state index >= 15 is 0 Å². The van der Waals surface area contributed by atoms with Crippen LogP contribution in [-0.4, -0.2) is 30.9 Å². The molecular formula is C27H27F2N3O2. The Labute approximate surface area is 197 Å². The van der Waals surface area contributed by atoms with E-state index in [1.807, 2.05) is 61.5 Å². The van der Waals surface area contributed by atoms with Gasteiger partial charge in [-0.3, -0.25) is 9.59 Å². The SMILES string of the molecule is CC(NC(=O)c1ccccc1N1CCC(NC(=O)c2cc(F)cc(F)c2)CC1)c1ccccc1. The molecule has 5 nitrogen and oxygen atoms in total. The smallest absolute Gasteiger partial charge is 0.253 e. The first kappa shape index (κ1) is 23.4. The lowest BCUT2D eigenvalue weighted by atomic mass is 10.0. The van der Waals surface area contributed by atoms with Crippen LogP contribution in [0.2, 0.25) is 0 Å². The largest absolute Gasteiger partial charge is 0.371 e. The maximum Gasteiger partial charge on any atom is 0.253 e. The standard InChI is InChI=1S/C27H27F2N3O2/c1-18(19-7-3-2-4-8-19)30-27(34)24-9-5-6-10-25(24)32-13-11-23(12-14-32)31-26(33)20-15-21(28)17-22(29)16-20/h2-10,15-18,23H,11-14H2,1H3,(H,30,34)(H,31,33). The van der Waals surface area contributed by atoms with E-state index in [1.54, 1.807) is 0 Å². The summed E-state index contributed by atoms with van der Waals surface area (Å²) in [4.78, 5) is 27.6. The molecule has 1 unspecified atom stereocenters. The normalized spacial score (nSPS) is 15.0. The molecule has 34 heavy (non-hydrogen) atoms. The fourth-order valence-corrected chi connectivity index (χ4v) is 4.26. The molecule has 2 N–H and O–H groups in total. The summed E-state index contributed by atoms with van der Waals surface area (Å²) in [5.74, 6) is -2.20. The van der Waals surface area contributed by atoms with Crippen LogP contribution in [0.1, 0.15) is 52.1 Å². The number of hydrogen-bond acceptors (Lipinski definition) is 3. The number of nitrogens with one attached hydrogen (secondary N) is 2. The van der Waals surface area contributed by atoms with Gasteiger partial charge in [-0.2, -0.15) is 0 Å². The zero-order valence-electron chi connectivity index (χ0n) is 18.9. The van der Waals surface area contributed by atoms with E-state index in [1.165, 1.54) is 0 Å². The maximum absolute atomic E-state index is 13.4. The summed E-state index contributed by atoms with van der Waals surface area (Å²) in [5.41, 5.74) is 2.44. The van der Waals surface area contributed by atoms with Crippen LogP contribution >= 0.6 is 0 Å². The lowest BCUT2D eigenvalue weighted by molar-refractivity contribution is 0.0927. The van der Waals surface area contributed by atoms with Crippen LogP contribution in [-0.2, 0) is 0 Å². The molecule has 0 saturated carbocycles. The van der Waals surface area contributed by atoms with Crippen LogP contribution in [0.15, 0.2) is 72.8 Å². The average Bonchev–Trinajstić information content (AvgIpc) is 2.84. The molecule has 1 heterocycles. The molecule has 0 bridgehead atoms. The summed E-state index contributed by atoms with van der Waals surface area (Å²) in [6.07, 6.45) is 1.31. The number of amides is 2. The molecule has 3 aromatic rings. The number of para-hydroxylation sites is 1. The second kappa shape index (κ2) is 10.5. The number of carbonyl (C=O) groups excluding carboxylic acids is 2. The number of carbonyl (C=O) groups is 2. The first-order valence-corrected chi connectivity index (χ1v) is 11.4. The van der Waals surface area contributed by atoms with Gasteiger partial charge in [-0.25, -0.2) is 8.78 Å². The lowest BCUT2D eigenvalue weighted by Gasteiger charge is -2.35.